The predicted octanol–water partition coefficient (Wildman–Crippen LogP) is 2.66. The molecule has 106 valence electrons. The molecule has 0 aromatic carbocycles. The van der Waals surface area contributed by atoms with E-state index in [-0.39, 0.29) is 5.41 Å². The first-order valence-electron chi connectivity index (χ1n) is 6.39. The Kier molecular flexibility index (Phi) is 5.15. The second-order valence-corrected chi connectivity index (χ2v) is 5.49. The van der Waals surface area contributed by atoms with Crippen LogP contribution in [-0.4, -0.2) is 24.2 Å². The van der Waals surface area contributed by atoms with Crippen molar-refractivity contribution in [3.05, 3.63) is 17.8 Å². The summed E-state index contributed by atoms with van der Waals surface area (Å²) in [5, 5.41) is 0. The lowest BCUT2D eigenvalue weighted by atomic mass is 9.93. The number of hydrogen-bond acceptors (Lipinski definition) is 5. The van der Waals surface area contributed by atoms with Crippen LogP contribution in [0.15, 0.2) is 12.3 Å². The number of hydrogen-bond donors (Lipinski definition) is 1. The van der Waals surface area contributed by atoms with Gasteiger partial charge in [-0.1, -0.05) is 20.8 Å². The van der Waals surface area contributed by atoms with Crippen LogP contribution in [0.3, 0.4) is 0 Å². The van der Waals surface area contributed by atoms with Crippen molar-refractivity contribution in [2.45, 2.75) is 34.1 Å². The van der Waals surface area contributed by atoms with Gasteiger partial charge < -0.3 is 15.2 Å². The van der Waals surface area contributed by atoms with Crippen LogP contribution in [0, 0.1) is 5.41 Å². The summed E-state index contributed by atoms with van der Waals surface area (Å²) >= 11 is 0. The van der Waals surface area contributed by atoms with Gasteiger partial charge in [-0.2, -0.15) is 0 Å². The Morgan fingerprint density at radius 3 is 2.68 bits per heavy atom. The first-order chi connectivity index (χ1) is 8.83. The molecule has 0 bridgehead atoms. The summed E-state index contributed by atoms with van der Waals surface area (Å²) in [4.78, 5) is 15.7. The van der Waals surface area contributed by atoms with Crippen molar-refractivity contribution in [3.8, 4) is 5.88 Å². The summed E-state index contributed by atoms with van der Waals surface area (Å²) in [7, 11) is 0. The van der Waals surface area contributed by atoms with E-state index in [0.29, 0.717) is 30.3 Å². The Morgan fingerprint density at radius 2 is 2.11 bits per heavy atom. The van der Waals surface area contributed by atoms with Gasteiger partial charge in [-0.05, 0) is 18.8 Å². The lowest BCUT2D eigenvalue weighted by Gasteiger charge is -2.18. The van der Waals surface area contributed by atoms with Crippen LogP contribution in [0.2, 0.25) is 0 Å². The molecule has 1 aromatic heterocycles. The molecular weight excluding hydrogens is 244 g/mol. The van der Waals surface area contributed by atoms with Gasteiger partial charge in [0.05, 0.1) is 30.7 Å². The molecule has 0 spiro atoms. The van der Waals surface area contributed by atoms with E-state index in [2.05, 4.69) is 25.8 Å². The number of nitrogens with zero attached hydrogens (tertiary/aromatic N) is 1. The summed E-state index contributed by atoms with van der Waals surface area (Å²) in [6.45, 7) is 9.00. The molecule has 1 aromatic rings. The van der Waals surface area contributed by atoms with Crippen molar-refractivity contribution in [1.82, 2.24) is 4.98 Å². The van der Waals surface area contributed by atoms with E-state index in [1.807, 2.05) is 0 Å². The molecule has 5 heteroatoms. The summed E-state index contributed by atoms with van der Waals surface area (Å²) < 4.78 is 10.5. The topological polar surface area (TPSA) is 74.4 Å². The third kappa shape index (κ3) is 5.16. The second kappa shape index (κ2) is 6.41. The molecule has 0 aliphatic rings. The average molecular weight is 266 g/mol. The molecule has 2 N–H and O–H groups in total. The summed E-state index contributed by atoms with van der Waals surface area (Å²) in [6, 6.07) is 1.52. The third-order valence-corrected chi connectivity index (χ3v) is 2.51. The van der Waals surface area contributed by atoms with Gasteiger partial charge in [-0.25, -0.2) is 9.78 Å². The largest absolute Gasteiger partial charge is 0.478 e. The van der Waals surface area contributed by atoms with E-state index < -0.39 is 5.97 Å². The number of carbonyl (C=O) groups excluding carboxylic acids is 1. The van der Waals surface area contributed by atoms with Gasteiger partial charge in [-0.3, -0.25) is 0 Å². The molecule has 5 nitrogen and oxygen atoms in total. The molecule has 0 aliphatic carbocycles. The molecular formula is C14H22N2O3. The quantitative estimate of drug-likeness (QED) is 0.829. The molecule has 0 radical (unpaired) electrons. The monoisotopic (exact) mass is 266 g/mol. The number of esters is 1. The minimum Gasteiger partial charge on any atom is -0.478 e. The highest BCUT2D eigenvalue weighted by atomic mass is 16.5. The number of ether oxygens (including phenoxy) is 2. The van der Waals surface area contributed by atoms with Crippen LogP contribution in [0.1, 0.15) is 44.5 Å². The van der Waals surface area contributed by atoms with E-state index in [9.17, 15) is 4.79 Å². The molecule has 1 rings (SSSR count). The Balaban J connectivity index is 2.71. The summed E-state index contributed by atoms with van der Waals surface area (Å²) in [5.74, 6) is -0.0652. The first-order valence-corrected chi connectivity index (χ1v) is 6.39. The number of pyridine rings is 1. The fourth-order valence-corrected chi connectivity index (χ4v) is 1.37. The highest BCUT2D eigenvalue weighted by Gasteiger charge is 2.14. The van der Waals surface area contributed by atoms with E-state index in [0.717, 1.165) is 6.42 Å². The maximum absolute atomic E-state index is 11.7. The van der Waals surface area contributed by atoms with Crippen molar-refractivity contribution in [3.63, 3.8) is 0 Å². The van der Waals surface area contributed by atoms with Crippen LogP contribution in [0.25, 0.3) is 0 Å². The molecule has 0 fully saturated rings. The van der Waals surface area contributed by atoms with Gasteiger partial charge in [0.2, 0.25) is 5.88 Å². The maximum Gasteiger partial charge on any atom is 0.340 e. The van der Waals surface area contributed by atoms with Gasteiger partial charge in [0.15, 0.2) is 0 Å². The zero-order valence-corrected chi connectivity index (χ0v) is 12.0. The third-order valence-electron chi connectivity index (χ3n) is 2.51. The van der Waals surface area contributed by atoms with Gasteiger partial charge in [-0.15, -0.1) is 0 Å². The van der Waals surface area contributed by atoms with Crippen molar-refractivity contribution in [1.29, 1.82) is 0 Å². The zero-order chi connectivity index (χ0) is 14.5. The minimum absolute atomic E-state index is 0.192. The predicted molar refractivity (Wildman–Crippen MR) is 74.2 cm³/mol. The standard InChI is InChI=1S/C14H22N2O3/c1-5-18-13(17)10-8-12(16-9-11(10)15)19-7-6-14(2,3)4/h8-9H,5-7,15H2,1-4H3. The van der Waals surface area contributed by atoms with Gasteiger partial charge in [0, 0.05) is 6.07 Å². The SMILES string of the molecule is CCOC(=O)c1cc(OCCC(C)(C)C)ncc1N. The van der Waals surface area contributed by atoms with Crippen LogP contribution in [-0.2, 0) is 4.74 Å². The summed E-state index contributed by atoms with van der Waals surface area (Å²) in [6.07, 6.45) is 2.31. The Morgan fingerprint density at radius 1 is 1.42 bits per heavy atom. The molecule has 0 saturated heterocycles. The van der Waals surface area contributed by atoms with E-state index in [1.165, 1.54) is 12.3 Å². The Hall–Kier alpha value is -1.78. The number of rotatable bonds is 5. The zero-order valence-electron chi connectivity index (χ0n) is 12.0. The smallest absolute Gasteiger partial charge is 0.340 e. The molecule has 19 heavy (non-hydrogen) atoms. The highest BCUT2D eigenvalue weighted by Crippen LogP contribution is 2.21. The van der Waals surface area contributed by atoms with Crippen molar-refractivity contribution in [2.24, 2.45) is 5.41 Å². The number of anilines is 1. The van der Waals surface area contributed by atoms with Gasteiger partial charge >= 0.3 is 5.97 Å². The number of nitrogen functional groups attached to an aromatic ring is 1. The molecule has 0 aliphatic heterocycles. The Labute approximate surface area is 114 Å². The number of nitrogens with two attached hydrogens (primary N) is 1. The molecule has 0 atom stereocenters. The van der Waals surface area contributed by atoms with Gasteiger partial charge in [0.25, 0.3) is 0 Å². The first kappa shape index (κ1) is 15.3. The van der Waals surface area contributed by atoms with E-state index >= 15 is 0 Å². The molecule has 0 saturated carbocycles. The summed E-state index contributed by atoms with van der Waals surface area (Å²) in [5.41, 5.74) is 6.48. The van der Waals surface area contributed by atoms with Crippen molar-refractivity contribution >= 4 is 11.7 Å². The minimum atomic E-state index is -0.455. The fraction of sp³-hybridized carbons (Fsp3) is 0.571. The van der Waals surface area contributed by atoms with Crippen molar-refractivity contribution in [2.75, 3.05) is 18.9 Å². The lowest BCUT2D eigenvalue weighted by molar-refractivity contribution is 0.0526. The Bertz CT molecular complexity index is 439. The van der Waals surface area contributed by atoms with Crippen molar-refractivity contribution < 1.29 is 14.3 Å². The van der Waals surface area contributed by atoms with Gasteiger partial charge in [0.1, 0.15) is 0 Å². The number of carbonyl (C=O) groups is 1. The van der Waals surface area contributed by atoms with Crippen LogP contribution in [0.4, 0.5) is 5.69 Å². The molecule has 1 heterocycles. The average Bonchev–Trinajstić information content (AvgIpc) is 2.30. The lowest BCUT2D eigenvalue weighted by Crippen LogP contribution is -2.13. The fourth-order valence-electron chi connectivity index (χ4n) is 1.37. The van der Waals surface area contributed by atoms with Crippen LogP contribution < -0.4 is 10.5 Å². The second-order valence-electron chi connectivity index (χ2n) is 5.49. The van der Waals surface area contributed by atoms with Crippen LogP contribution >= 0.6 is 0 Å². The molecule has 0 amide bonds. The highest BCUT2D eigenvalue weighted by molar-refractivity contribution is 5.95. The normalized spacial score (nSPS) is 11.2. The van der Waals surface area contributed by atoms with E-state index in [1.54, 1.807) is 6.92 Å². The maximum atomic E-state index is 11.7. The molecule has 0 unspecified atom stereocenters. The van der Waals surface area contributed by atoms with Crippen LogP contribution in [0.5, 0.6) is 5.88 Å². The van der Waals surface area contributed by atoms with E-state index in [4.69, 9.17) is 15.2 Å². The number of aromatic nitrogens is 1.